The van der Waals surface area contributed by atoms with Gasteiger partial charge in [-0.15, -0.1) is 11.3 Å². The molecule has 0 radical (unpaired) electrons. The van der Waals surface area contributed by atoms with Crippen LogP contribution in [0.1, 0.15) is 14.5 Å². The van der Waals surface area contributed by atoms with Crippen LogP contribution in [0.5, 0.6) is 0 Å². The van der Waals surface area contributed by atoms with Crippen molar-refractivity contribution < 1.29 is 13.6 Å². The number of nitrogens with zero attached hydrogens (tertiary/aromatic N) is 1. The van der Waals surface area contributed by atoms with Gasteiger partial charge in [0.1, 0.15) is 5.82 Å². The van der Waals surface area contributed by atoms with Gasteiger partial charge in [-0.2, -0.15) is 0 Å². The molecule has 0 fully saturated rings. The van der Waals surface area contributed by atoms with Gasteiger partial charge in [-0.1, -0.05) is 11.8 Å². The predicted molar refractivity (Wildman–Crippen MR) is 86.0 cm³/mol. The third-order valence-electron chi connectivity index (χ3n) is 2.96. The van der Waals surface area contributed by atoms with E-state index < -0.39 is 0 Å². The monoisotopic (exact) mass is 333 g/mol. The molecule has 2 aromatic heterocycles. The van der Waals surface area contributed by atoms with E-state index in [1.165, 1.54) is 35.2 Å². The number of halogens is 1. The lowest BCUT2D eigenvalue weighted by molar-refractivity contribution is 0.102. The number of aromatic nitrogens is 1. The third kappa shape index (κ3) is 3.45. The van der Waals surface area contributed by atoms with Crippen molar-refractivity contribution in [3.8, 4) is 11.3 Å². The molecule has 1 aromatic carbocycles. The first-order chi connectivity index (χ1) is 10.6. The first kappa shape index (κ1) is 15.0. The summed E-state index contributed by atoms with van der Waals surface area (Å²) < 4.78 is 18.5. The van der Waals surface area contributed by atoms with Crippen molar-refractivity contribution in [2.24, 2.45) is 0 Å². The minimum Gasteiger partial charge on any atom is -0.431 e. The second-order valence-corrected chi connectivity index (χ2v) is 6.83. The number of ketones is 1. The molecule has 0 saturated heterocycles. The number of thioether (sulfide) groups is 1. The van der Waals surface area contributed by atoms with Gasteiger partial charge in [-0.25, -0.2) is 9.37 Å². The lowest BCUT2D eigenvalue weighted by atomic mass is 10.2. The fourth-order valence-corrected chi connectivity index (χ4v) is 3.44. The Hall–Kier alpha value is -1.92. The molecular weight excluding hydrogens is 321 g/mol. The smallest absolute Gasteiger partial charge is 0.256 e. The molecule has 0 N–H and O–H groups in total. The Bertz CT molecular complexity index is 793. The molecule has 0 aliphatic rings. The van der Waals surface area contributed by atoms with Crippen molar-refractivity contribution >= 4 is 28.9 Å². The van der Waals surface area contributed by atoms with Gasteiger partial charge in [0.25, 0.3) is 5.22 Å². The molecule has 0 bridgehead atoms. The number of hydrogen-bond acceptors (Lipinski definition) is 5. The predicted octanol–water partition coefficient (Wildman–Crippen LogP) is 4.83. The molecule has 112 valence electrons. The number of rotatable bonds is 5. The van der Waals surface area contributed by atoms with E-state index in [-0.39, 0.29) is 17.4 Å². The first-order valence-electron chi connectivity index (χ1n) is 6.56. The summed E-state index contributed by atoms with van der Waals surface area (Å²) in [4.78, 5) is 18.0. The summed E-state index contributed by atoms with van der Waals surface area (Å²) in [5.41, 5.74) is 0.751. The molecule has 6 heteroatoms. The number of oxazole rings is 1. The summed E-state index contributed by atoms with van der Waals surface area (Å²) in [6.07, 6.45) is 1.58. The minimum absolute atomic E-state index is 0.0598. The lowest BCUT2D eigenvalue weighted by Crippen LogP contribution is -1.98. The zero-order valence-electron chi connectivity index (χ0n) is 11.7. The van der Waals surface area contributed by atoms with Gasteiger partial charge in [0.05, 0.1) is 16.8 Å². The standard InChI is InChI=1S/C16H12FNO2S2/c1-10-2-7-15(22-10)13(19)9-21-16-18-8-14(20-16)11-3-5-12(17)6-4-11/h2-8H,9H2,1H3. The maximum Gasteiger partial charge on any atom is 0.256 e. The van der Waals surface area contributed by atoms with Crippen molar-refractivity contribution in [2.75, 3.05) is 5.75 Å². The Morgan fingerprint density at radius 2 is 2.05 bits per heavy atom. The van der Waals surface area contributed by atoms with Crippen LogP contribution in [0, 0.1) is 12.7 Å². The number of carbonyl (C=O) groups excluding carboxylic acids is 1. The zero-order valence-corrected chi connectivity index (χ0v) is 13.3. The summed E-state index contributed by atoms with van der Waals surface area (Å²) in [6.45, 7) is 1.97. The molecule has 0 saturated carbocycles. The average molecular weight is 333 g/mol. The van der Waals surface area contributed by atoms with Crippen LogP contribution in [-0.4, -0.2) is 16.5 Å². The molecule has 3 rings (SSSR count). The van der Waals surface area contributed by atoms with E-state index in [0.717, 1.165) is 15.3 Å². The highest BCUT2D eigenvalue weighted by atomic mass is 32.2. The van der Waals surface area contributed by atoms with Crippen LogP contribution in [0.3, 0.4) is 0 Å². The van der Waals surface area contributed by atoms with Gasteiger partial charge in [0, 0.05) is 10.4 Å². The average Bonchev–Trinajstić information content (AvgIpc) is 3.15. The molecule has 22 heavy (non-hydrogen) atoms. The molecule has 3 aromatic rings. The van der Waals surface area contributed by atoms with E-state index in [4.69, 9.17) is 4.42 Å². The van der Waals surface area contributed by atoms with Crippen LogP contribution in [-0.2, 0) is 0 Å². The topological polar surface area (TPSA) is 43.1 Å². The van der Waals surface area contributed by atoms with Gasteiger partial charge in [-0.05, 0) is 43.3 Å². The Labute approximate surface area is 135 Å². The number of thiophene rings is 1. The van der Waals surface area contributed by atoms with Crippen LogP contribution in [0.4, 0.5) is 4.39 Å². The molecule has 3 nitrogen and oxygen atoms in total. The summed E-state index contributed by atoms with van der Waals surface area (Å²) in [5.74, 6) is 0.602. The van der Waals surface area contributed by atoms with Crippen LogP contribution in [0.2, 0.25) is 0 Å². The molecule has 2 heterocycles. The van der Waals surface area contributed by atoms with E-state index in [1.807, 2.05) is 19.1 Å². The Morgan fingerprint density at radius 3 is 2.73 bits per heavy atom. The maximum absolute atomic E-state index is 12.9. The van der Waals surface area contributed by atoms with Gasteiger partial charge in [-0.3, -0.25) is 4.79 Å². The lowest BCUT2D eigenvalue weighted by Gasteiger charge is -1.96. The highest BCUT2D eigenvalue weighted by molar-refractivity contribution is 7.99. The maximum atomic E-state index is 12.9. The highest BCUT2D eigenvalue weighted by Crippen LogP contribution is 2.26. The molecule has 0 amide bonds. The quantitative estimate of drug-likeness (QED) is 0.496. The number of Topliss-reactive ketones (excluding diaryl/α,β-unsaturated/α-hetero) is 1. The molecule has 0 atom stereocenters. The first-order valence-corrected chi connectivity index (χ1v) is 8.36. The molecule has 0 unspecified atom stereocenters. The number of aryl methyl sites for hydroxylation is 1. The number of benzene rings is 1. The van der Waals surface area contributed by atoms with Crippen molar-refractivity contribution in [1.29, 1.82) is 0 Å². The Balaban J connectivity index is 1.64. The van der Waals surface area contributed by atoms with Crippen molar-refractivity contribution in [3.63, 3.8) is 0 Å². The highest BCUT2D eigenvalue weighted by Gasteiger charge is 2.12. The minimum atomic E-state index is -0.297. The molecule has 0 aliphatic heterocycles. The second kappa shape index (κ2) is 6.46. The Kier molecular flexibility index (Phi) is 4.40. The normalized spacial score (nSPS) is 10.8. The van der Waals surface area contributed by atoms with Crippen molar-refractivity contribution in [2.45, 2.75) is 12.1 Å². The van der Waals surface area contributed by atoms with E-state index in [1.54, 1.807) is 18.3 Å². The molecular formula is C16H12FNO2S2. The second-order valence-electron chi connectivity index (χ2n) is 4.62. The summed E-state index contributed by atoms with van der Waals surface area (Å²) in [5, 5.41) is 0.431. The van der Waals surface area contributed by atoms with Crippen LogP contribution < -0.4 is 0 Å². The van der Waals surface area contributed by atoms with Crippen LogP contribution in [0.15, 0.2) is 52.2 Å². The number of carbonyl (C=O) groups is 1. The van der Waals surface area contributed by atoms with E-state index in [0.29, 0.717) is 11.0 Å². The van der Waals surface area contributed by atoms with Gasteiger partial charge < -0.3 is 4.42 Å². The summed E-state index contributed by atoms with van der Waals surface area (Å²) in [7, 11) is 0. The van der Waals surface area contributed by atoms with Crippen molar-refractivity contribution in [1.82, 2.24) is 4.98 Å². The molecule has 0 spiro atoms. The van der Waals surface area contributed by atoms with Crippen LogP contribution in [0.25, 0.3) is 11.3 Å². The number of hydrogen-bond donors (Lipinski definition) is 0. The van der Waals surface area contributed by atoms with Gasteiger partial charge in [0.15, 0.2) is 11.5 Å². The van der Waals surface area contributed by atoms with E-state index in [2.05, 4.69) is 4.98 Å². The SMILES string of the molecule is Cc1ccc(C(=O)CSc2ncc(-c3ccc(F)cc3)o2)s1. The van der Waals surface area contributed by atoms with E-state index in [9.17, 15) is 9.18 Å². The fourth-order valence-electron chi connectivity index (χ4n) is 1.86. The summed E-state index contributed by atoms with van der Waals surface area (Å²) in [6, 6.07) is 9.76. The van der Waals surface area contributed by atoms with Crippen LogP contribution >= 0.6 is 23.1 Å². The molecule has 0 aliphatic carbocycles. The van der Waals surface area contributed by atoms with Gasteiger partial charge >= 0.3 is 0 Å². The Morgan fingerprint density at radius 1 is 1.27 bits per heavy atom. The third-order valence-corrected chi connectivity index (χ3v) is 4.84. The fraction of sp³-hybridized carbons (Fsp3) is 0.125. The van der Waals surface area contributed by atoms with E-state index >= 15 is 0 Å². The zero-order chi connectivity index (χ0) is 15.5. The largest absolute Gasteiger partial charge is 0.431 e. The van der Waals surface area contributed by atoms with Gasteiger partial charge in [0.2, 0.25) is 0 Å². The summed E-state index contributed by atoms with van der Waals surface area (Å²) >= 11 is 2.74. The van der Waals surface area contributed by atoms with Crippen molar-refractivity contribution in [3.05, 3.63) is 58.2 Å².